The highest BCUT2D eigenvalue weighted by molar-refractivity contribution is 4.77. The average Bonchev–Trinajstić information content (AvgIpc) is 2.20. The van der Waals surface area contributed by atoms with E-state index in [1.165, 1.54) is 0 Å². The van der Waals surface area contributed by atoms with E-state index in [2.05, 4.69) is 0 Å². The van der Waals surface area contributed by atoms with Gasteiger partial charge in [-0.05, 0) is 31.2 Å². The Morgan fingerprint density at radius 3 is 2.06 bits per heavy atom. The van der Waals surface area contributed by atoms with Gasteiger partial charge in [-0.3, -0.25) is 0 Å². The third-order valence-electron chi connectivity index (χ3n) is 3.48. The van der Waals surface area contributed by atoms with Crippen molar-refractivity contribution in [3.05, 3.63) is 0 Å². The summed E-state index contributed by atoms with van der Waals surface area (Å²) in [6.07, 6.45) is -2.31. The maximum atomic E-state index is 12.1. The summed E-state index contributed by atoms with van der Waals surface area (Å²) >= 11 is 0. The molecule has 5 heteroatoms. The molecule has 3 N–H and O–H groups in total. The molecule has 1 rings (SSSR count). The SMILES string of the molecule is NCCC1CCC(CC(O)C(F)(F)F)CC1. The zero-order chi connectivity index (χ0) is 12.2. The lowest BCUT2D eigenvalue weighted by molar-refractivity contribution is -0.209. The molecule has 1 unspecified atom stereocenters. The van der Waals surface area contributed by atoms with Crippen LogP contribution in [0.25, 0.3) is 0 Å². The molecule has 0 aromatic rings. The van der Waals surface area contributed by atoms with E-state index >= 15 is 0 Å². The van der Waals surface area contributed by atoms with Crippen molar-refractivity contribution >= 4 is 0 Å². The topological polar surface area (TPSA) is 46.2 Å². The van der Waals surface area contributed by atoms with Crippen molar-refractivity contribution < 1.29 is 18.3 Å². The molecule has 0 saturated heterocycles. The number of hydrogen-bond acceptors (Lipinski definition) is 2. The Balaban J connectivity index is 2.27. The second-order valence-electron chi connectivity index (χ2n) is 4.76. The van der Waals surface area contributed by atoms with Gasteiger partial charge >= 0.3 is 6.18 Å². The fraction of sp³-hybridized carbons (Fsp3) is 1.00. The quantitative estimate of drug-likeness (QED) is 0.791. The van der Waals surface area contributed by atoms with Gasteiger partial charge in [-0.2, -0.15) is 13.2 Å². The lowest BCUT2D eigenvalue weighted by Crippen LogP contribution is -2.32. The summed E-state index contributed by atoms with van der Waals surface area (Å²) in [5.41, 5.74) is 5.44. The van der Waals surface area contributed by atoms with E-state index in [-0.39, 0.29) is 12.3 Å². The molecule has 1 atom stereocenters. The van der Waals surface area contributed by atoms with Crippen LogP contribution in [-0.2, 0) is 0 Å². The summed E-state index contributed by atoms with van der Waals surface area (Å²) in [4.78, 5) is 0. The molecule has 0 aliphatic heterocycles. The molecule has 0 amide bonds. The molecule has 0 bridgehead atoms. The first kappa shape index (κ1) is 13.8. The van der Waals surface area contributed by atoms with Crippen LogP contribution >= 0.6 is 0 Å². The van der Waals surface area contributed by atoms with Crippen molar-refractivity contribution in [2.24, 2.45) is 17.6 Å². The summed E-state index contributed by atoms with van der Waals surface area (Å²) in [5, 5.41) is 8.96. The van der Waals surface area contributed by atoms with Crippen LogP contribution in [0.1, 0.15) is 38.5 Å². The highest BCUT2D eigenvalue weighted by atomic mass is 19.4. The highest BCUT2D eigenvalue weighted by Gasteiger charge is 2.39. The molecule has 1 aliphatic rings. The van der Waals surface area contributed by atoms with Crippen molar-refractivity contribution in [1.29, 1.82) is 0 Å². The zero-order valence-corrected chi connectivity index (χ0v) is 9.34. The van der Waals surface area contributed by atoms with E-state index in [0.717, 1.165) is 32.1 Å². The number of aliphatic hydroxyl groups is 1. The molecule has 0 radical (unpaired) electrons. The van der Waals surface area contributed by atoms with Crippen LogP contribution in [0.2, 0.25) is 0 Å². The molecular weight excluding hydrogens is 219 g/mol. The number of nitrogens with two attached hydrogens (primary N) is 1. The van der Waals surface area contributed by atoms with E-state index in [9.17, 15) is 13.2 Å². The van der Waals surface area contributed by atoms with Crippen molar-refractivity contribution in [2.45, 2.75) is 50.8 Å². The highest BCUT2D eigenvalue weighted by Crippen LogP contribution is 2.35. The van der Waals surface area contributed by atoms with Gasteiger partial charge in [0, 0.05) is 0 Å². The van der Waals surface area contributed by atoms with Gasteiger partial charge in [0.1, 0.15) is 6.10 Å². The molecule has 16 heavy (non-hydrogen) atoms. The number of hydrogen-bond donors (Lipinski definition) is 2. The second kappa shape index (κ2) is 5.87. The minimum absolute atomic E-state index is 0.0191. The van der Waals surface area contributed by atoms with Crippen molar-refractivity contribution in [2.75, 3.05) is 6.54 Å². The predicted molar refractivity (Wildman–Crippen MR) is 55.8 cm³/mol. The van der Waals surface area contributed by atoms with Crippen LogP contribution in [0.5, 0.6) is 0 Å². The summed E-state index contributed by atoms with van der Waals surface area (Å²) in [6.45, 7) is 0.653. The second-order valence-corrected chi connectivity index (χ2v) is 4.76. The van der Waals surface area contributed by atoms with Gasteiger partial charge in [-0.1, -0.05) is 25.7 Å². The van der Waals surface area contributed by atoms with Crippen LogP contribution in [0.15, 0.2) is 0 Å². The van der Waals surface area contributed by atoms with Crippen LogP contribution in [-0.4, -0.2) is 23.9 Å². The number of rotatable bonds is 4. The van der Waals surface area contributed by atoms with Gasteiger partial charge < -0.3 is 10.8 Å². The normalized spacial score (nSPS) is 29.1. The minimum atomic E-state index is -4.46. The number of alkyl halides is 3. The van der Waals surface area contributed by atoms with E-state index in [4.69, 9.17) is 10.8 Å². The Morgan fingerprint density at radius 2 is 1.62 bits per heavy atom. The van der Waals surface area contributed by atoms with Crippen molar-refractivity contribution in [3.8, 4) is 0 Å². The first-order chi connectivity index (χ1) is 7.43. The molecule has 2 nitrogen and oxygen atoms in total. The van der Waals surface area contributed by atoms with Gasteiger partial charge in [0.25, 0.3) is 0 Å². The first-order valence-electron chi connectivity index (χ1n) is 5.88. The lowest BCUT2D eigenvalue weighted by Gasteiger charge is -2.29. The largest absolute Gasteiger partial charge is 0.414 e. The zero-order valence-electron chi connectivity index (χ0n) is 9.34. The van der Waals surface area contributed by atoms with Crippen LogP contribution in [0, 0.1) is 11.8 Å². The molecule has 0 heterocycles. The Kier molecular flexibility index (Phi) is 5.05. The standard InChI is InChI=1S/C11H20F3NO/c12-11(13,14)10(16)7-9-3-1-8(2-4-9)5-6-15/h8-10,16H,1-7,15H2. The number of halogens is 3. The summed E-state index contributed by atoms with van der Waals surface area (Å²) in [5.74, 6) is 0.593. The smallest absolute Gasteiger partial charge is 0.384 e. The van der Waals surface area contributed by atoms with Crippen LogP contribution in [0.3, 0.4) is 0 Å². The van der Waals surface area contributed by atoms with Crippen LogP contribution < -0.4 is 5.73 Å². The molecule has 1 saturated carbocycles. The maximum Gasteiger partial charge on any atom is 0.414 e. The van der Waals surface area contributed by atoms with Crippen molar-refractivity contribution in [3.63, 3.8) is 0 Å². The molecule has 1 fully saturated rings. The molecular formula is C11H20F3NO. The Hall–Kier alpha value is -0.290. The molecule has 1 aliphatic carbocycles. The van der Waals surface area contributed by atoms with E-state index in [0.29, 0.717) is 12.5 Å². The number of aliphatic hydroxyl groups excluding tert-OH is 1. The minimum Gasteiger partial charge on any atom is -0.384 e. The predicted octanol–water partition coefficient (Wildman–Crippen LogP) is 2.45. The van der Waals surface area contributed by atoms with E-state index in [1.54, 1.807) is 0 Å². The monoisotopic (exact) mass is 239 g/mol. The fourth-order valence-electron chi connectivity index (χ4n) is 2.44. The summed E-state index contributed by atoms with van der Waals surface area (Å²) < 4.78 is 36.4. The molecule has 0 aromatic heterocycles. The lowest BCUT2D eigenvalue weighted by atomic mass is 9.78. The van der Waals surface area contributed by atoms with Gasteiger partial charge in [0.2, 0.25) is 0 Å². The average molecular weight is 239 g/mol. The molecule has 0 spiro atoms. The molecule has 96 valence electrons. The summed E-state index contributed by atoms with van der Waals surface area (Å²) in [6, 6.07) is 0. The van der Waals surface area contributed by atoms with Gasteiger partial charge in [0.05, 0.1) is 0 Å². The first-order valence-corrected chi connectivity index (χ1v) is 5.88. The van der Waals surface area contributed by atoms with Gasteiger partial charge in [-0.25, -0.2) is 0 Å². The molecule has 0 aromatic carbocycles. The van der Waals surface area contributed by atoms with Crippen LogP contribution in [0.4, 0.5) is 13.2 Å². The van der Waals surface area contributed by atoms with E-state index in [1.807, 2.05) is 0 Å². The Labute approximate surface area is 94.0 Å². The Bertz CT molecular complexity index is 200. The van der Waals surface area contributed by atoms with Gasteiger partial charge in [-0.15, -0.1) is 0 Å². The third kappa shape index (κ3) is 4.29. The fourth-order valence-corrected chi connectivity index (χ4v) is 2.44. The van der Waals surface area contributed by atoms with E-state index < -0.39 is 12.3 Å². The Morgan fingerprint density at radius 1 is 1.12 bits per heavy atom. The third-order valence-corrected chi connectivity index (χ3v) is 3.48. The van der Waals surface area contributed by atoms with Gasteiger partial charge in [0.15, 0.2) is 0 Å². The van der Waals surface area contributed by atoms with Crippen molar-refractivity contribution in [1.82, 2.24) is 0 Å². The summed E-state index contributed by atoms with van der Waals surface area (Å²) in [7, 11) is 0. The maximum absolute atomic E-state index is 12.1.